The third kappa shape index (κ3) is 4.15. The van der Waals surface area contributed by atoms with Crippen LogP contribution in [0.5, 0.6) is 5.75 Å². The van der Waals surface area contributed by atoms with Gasteiger partial charge in [0, 0.05) is 21.7 Å². The van der Waals surface area contributed by atoms with Gasteiger partial charge in [0.25, 0.3) is 5.91 Å². The number of phenolic OH excluding ortho intramolecular Hbond substituents is 1. The molecule has 1 atom stereocenters. The van der Waals surface area contributed by atoms with Crippen molar-refractivity contribution in [2.75, 3.05) is 5.01 Å². The van der Waals surface area contributed by atoms with Crippen LogP contribution in [0.25, 0.3) is 0 Å². The number of anilines is 1. The molecule has 7 heteroatoms. The summed E-state index contributed by atoms with van der Waals surface area (Å²) in [5.41, 5.74) is 1.22. The van der Waals surface area contributed by atoms with E-state index in [2.05, 4.69) is 10.1 Å². The summed E-state index contributed by atoms with van der Waals surface area (Å²) in [7, 11) is 0. The fourth-order valence-corrected chi connectivity index (χ4v) is 3.12. The number of nitrogens with zero attached hydrogens (tertiary/aromatic N) is 3. The zero-order valence-electron chi connectivity index (χ0n) is 15.1. The zero-order valence-corrected chi connectivity index (χ0v) is 16.7. The van der Waals surface area contributed by atoms with E-state index in [1.807, 2.05) is 20.8 Å². The molecule has 1 heterocycles. The van der Waals surface area contributed by atoms with Crippen molar-refractivity contribution in [3.05, 3.63) is 52.5 Å². The molecule has 0 aliphatic carbocycles. The number of phenols is 1. The first-order chi connectivity index (χ1) is 12.7. The largest absolute Gasteiger partial charge is 0.506 e. The molecule has 0 spiro atoms. The molecule has 0 saturated carbocycles. The normalized spacial score (nSPS) is 17.7. The second-order valence-electron chi connectivity index (χ2n) is 7.25. The van der Waals surface area contributed by atoms with Crippen LogP contribution in [-0.4, -0.2) is 22.9 Å². The average Bonchev–Trinajstić information content (AvgIpc) is 2.92. The van der Waals surface area contributed by atoms with Crippen LogP contribution < -0.4 is 5.01 Å². The van der Waals surface area contributed by atoms with E-state index in [9.17, 15) is 9.90 Å². The number of benzene rings is 2. The van der Waals surface area contributed by atoms with Gasteiger partial charge >= 0.3 is 0 Å². The van der Waals surface area contributed by atoms with E-state index in [-0.39, 0.29) is 17.1 Å². The number of hydrogen-bond donors (Lipinski definition) is 1. The Kier molecular flexibility index (Phi) is 5.27. The molecular weight excluding hydrogens is 385 g/mol. The Balaban J connectivity index is 1.99. The second kappa shape index (κ2) is 7.33. The number of carbonyl (C=O) groups is 1. The Bertz CT molecular complexity index is 948. The molecule has 1 N–H and O–H groups in total. The van der Waals surface area contributed by atoms with Gasteiger partial charge in [-0.05, 0) is 36.4 Å². The van der Waals surface area contributed by atoms with Crippen LogP contribution in [0.4, 0.5) is 11.4 Å². The zero-order chi connectivity index (χ0) is 19.8. The van der Waals surface area contributed by atoms with Crippen molar-refractivity contribution >= 4 is 52.4 Å². The van der Waals surface area contributed by atoms with E-state index in [0.717, 1.165) is 0 Å². The van der Waals surface area contributed by atoms with Gasteiger partial charge in [-0.3, -0.25) is 9.79 Å². The Morgan fingerprint density at radius 2 is 1.85 bits per heavy atom. The lowest BCUT2D eigenvalue weighted by molar-refractivity contribution is -0.118. The van der Waals surface area contributed by atoms with Gasteiger partial charge in [-0.15, -0.1) is 0 Å². The third-order valence-corrected chi connectivity index (χ3v) is 4.57. The van der Waals surface area contributed by atoms with E-state index in [1.165, 1.54) is 23.4 Å². The number of carbonyl (C=O) groups excluding carboxylic acids is 1. The number of amides is 1. The molecule has 1 unspecified atom stereocenters. The number of aliphatic imine (C=N–C) groups is 1. The van der Waals surface area contributed by atoms with Crippen molar-refractivity contribution in [2.45, 2.75) is 20.8 Å². The number of halogens is 2. The van der Waals surface area contributed by atoms with Gasteiger partial charge in [-0.2, -0.15) is 10.1 Å². The highest BCUT2D eigenvalue weighted by Gasteiger charge is 2.41. The molecule has 3 rings (SSSR count). The highest BCUT2D eigenvalue weighted by Crippen LogP contribution is 2.34. The molecule has 0 bridgehead atoms. The van der Waals surface area contributed by atoms with Gasteiger partial charge in [-0.1, -0.05) is 50.0 Å². The molecule has 0 radical (unpaired) electrons. The van der Waals surface area contributed by atoms with Crippen molar-refractivity contribution in [1.82, 2.24) is 0 Å². The molecule has 140 valence electrons. The first-order valence-corrected chi connectivity index (χ1v) is 9.13. The Morgan fingerprint density at radius 3 is 2.52 bits per heavy atom. The highest BCUT2D eigenvalue weighted by molar-refractivity contribution is 6.31. The number of aromatic hydroxyl groups is 1. The quantitative estimate of drug-likeness (QED) is 0.690. The standard InChI is InChI=1S/C20H19Cl2N3O2/c1-20(2,3)18-15(11-23-16-10-13(22)7-8-17(16)26)19(27)25(24-18)14-6-4-5-12(21)9-14/h4-11,15,26H,1-3H3. The number of hydrogen-bond acceptors (Lipinski definition) is 4. The minimum absolute atomic E-state index is 0.0120. The summed E-state index contributed by atoms with van der Waals surface area (Å²) in [6.07, 6.45) is 1.50. The fourth-order valence-electron chi connectivity index (χ4n) is 2.77. The van der Waals surface area contributed by atoms with Crippen LogP contribution >= 0.6 is 23.2 Å². The van der Waals surface area contributed by atoms with E-state index < -0.39 is 5.92 Å². The van der Waals surface area contributed by atoms with Gasteiger partial charge in [-0.25, -0.2) is 0 Å². The number of hydrazone groups is 1. The molecule has 0 aromatic heterocycles. The lowest BCUT2D eigenvalue weighted by Crippen LogP contribution is -2.32. The van der Waals surface area contributed by atoms with Gasteiger partial charge in [0.1, 0.15) is 17.4 Å². The summed E-state index contributed by atoms with van der Waals surface area (Å²) in [4.78, 5) is 17.3. The van der Waals surface area contributed by atoms with Crippen molar-refractivity contribution in [2.24, 2.45) is 21.4 Å². The summed E-state index contributed by atoms with van der Waals surface area (Å²) in [6.45, 7) is 5.95. The van der Waals surface area contributed by atoms with Crippen molar-refractivity contribution in [3.8, 4) is 5.75 Å². The SMILES string of the molecule is CC(C)(C)C1=NN(c2cccc(Cl)c2)C(=O)C1C=Nc1cc(Cl)ccc1O. The maximum Gasteiger partial charge on any atom is 0.261 e. The second-order valence-corrected chi connectivity index (χ2v) is 8.13. The number of rotatable bonds is 3. The lowest BCUT2D eigenvalue weighted by Gasteiger charge is -2.20. The smallest absolute Gasteiger partial charge is 0.261 e. The van der Waals surface area contributed by atoms with Gasteiger partial charge in [0.05, 0.1) is 11.4 Å². The minimum atomic E-state index is -0.651. The highest BCUT2D eigenvalue weighted by atomic mass is 35.5. The van der Waals surface area contributed by atoms with Crippen LogP contribution in [0.15, 0.2) is 52.6 Å². The summed E-state index contributed by atoms with van der Waals surface area (Å²) < 4.78 is 0. The maximum atomic E-state index is 13.0. The van der Waals surface area contributed by atoms with Gasteiger partial charge in [0.15, 0.2) is 0 Å². The van der Waals surface area contributed by atoms with Crippen LogP contribution in [-0.2, 0) is 4.79 Å². The molecule has 5 nitrogen and oxygen atoms in total. The predicted octanol–water partition coefficient (Wildman–Crippen LogP) is 5.47. The fraction of sp³-hybridized carbons (Fsp3) is 0.250. The molecule has 2 aromatic rings. The molecule has 1 amide bonds. The van der Waals surface area contributed by atoms with E-state index >= 15 is 0 Å². The van der Waals surface area contributed by atoms with Crippen LogP contribution in [0.1, 0.15) is 20.8 Å². The van der Waals surface area contributed by atoms with Crippen molar-refractivity contribution in [1.29, 1.82) is 0 Å². The van der Waals surface area contributed by atoms with Crippen LogP contribution in [0.3, 0.4) is 0 Å². The van der Waals surface area contributed by atoms with Gasteiger partial charge < -0.3 is 5.11 Å². The van der Waals surface area contributed by atoms with E-state index in [0.29, 0.717) is 27.1 Å². The Morgan fingerprint density at radius 1 is 1.15 bits per heavy atom. The molecule has 27 heavy (non-hydrogen) atoms. The maximum absolute atomic E-state index is 13.0. The predicted molar refractivity (Wildman–Crippen MR) is 111 cm³/mol. The molecule has 1 aliphatic rings. The summed E-state index contributed by atoms with van der Waals surface area (Å²) in [6, 6.07) is 11.5. The molecule has 2 aromatic carbocycles. The van der Waals surface area contributed by atoms with Gasteiger partial charge in [0.2, 0.25) is 0 Å². The summed E-state index contributed by atoms with van der Waals surface area (Å²) in [5, 5.41) is 16.8. The van der Waals surface area contributed by atoms with Crippen LogP contribution in [0, 0.1) is 11.3 Å². The summed E-state index contributed by atoms with van der Waals surface area (Å²) in [5.74, 6) is -0.892. The average molecular weight is 404 g/mol. The Labute approximate surface area is 167 Å². The minimum Gasteiger partial charge on any atom is -0.506 e. The topological polar surface area (TPSA) is 65.3 Å². The first kappa shape index (κ1) is 19.4. The lowest BCUT2D eigenvalue weighted by atomic mass is 9.83. The first-order valence-electron chi connectivity index (χ1n) is 8.38. The van der Waals surface area contributed by atoms with E-state index in [1.54, 1.807) is 30.3 Å². The summed E-state index contributed by atoms with van der Waals surface area (Å²) >= 11 is 12.0. The molecular formula is C20H19Cl2N3O2. The molecule has 0 saturated heterocycles. The Hall–Kier alpha value is -2.37. The van der Waals surface area contributed by atoms with Crippen LogP contribution in [0.2, 0.25) is 10.0 Å². The van der Waals surface area contributed by atoms with E-state index in [4.69, 9.17) is 23.2 Å². The third-order valence-electron chi connectivity index (χ3n) is 4.10. The molecule has 0 fully saturated rings. The van der Waals surface area contributed by atoms with Crippen molar-refractivity contribution in [3.63, 3.8) is 0 Å². The van der Waals surface area contributed by atoms with Crippen molar-refractivity contribution < 1.29 is 9.90 Å². The monoisotopic (exact) mass is 403 g/mol. The molecule has 1 aliphatic heterocycles.